The second-order valence-electron chi connectivity index (χ2n) is 6.92. The van der Waals surface area contributed by atoms with Crippen molar-refractivity contribution in [3.8, 4) is 0 Å². The molecule has 0 aliphatic carbocycles. The van der Waals surface area contributed by atoms with Crippen LogP contribution in [0.3, 0.4) is 0 Å². The minimum atomic E-state index is -0.577. The first-order valence-electron chi connectivity index (χ1n) is 9.10. The average Bonchev–Trinajstić information content (AvgIpc) is 2.71. The summed E-state index contributed by atoms with van der Waals surface area (Å²) in [5.41, 5.74) is 1.42. The van der Waals surface area contributed by atoms with Crippen molar-refractivity contribution in [1.82, 2.24) is 20.4 Å². The molecule has 2 N–H and O–H groups in total. The van der Waals surface area contributed by atoms with Gasteiger partial charge >= 0.3 is 6.03 Å². The molecule has 2 heterocycles. The van der Waals surface area contributed by atoms with Crippen LogP contribution in [-0.4, -0.2) is 47.0 Å². The molecule has 2 unspecified atom stereocenters. The highest BCUT2D eigenvalue weighted by molar-refractivity contribution is 6.00. The zero-order valence-electron chi connectivity index (χ0n) is 15.1. The molecule has 8 heteroatoms. The minimum Gasteiger partial charge on any atom is -0.302 e. The van der Waals surface area contributed by atoms with Crippen molar-refractivity contribution in [3.05, 3.63) is 71.3 Å². The number of amides is 3. The van der Waals surface area contributed by atoms with Crippen LogP contribution in [0.2, 0.25) is 0 Å². The molecule has 2 aliphatic heterocycles. The van der Waals surface area contributed by atoms with Crippen LogP contribution in [0.15, 0.2) is 48.5 Å². The Balaban J connectivity index is 1.61. The van der Waals surface area contributed by atoms with E-state index in [1.54, 1.807) is 29.2 Å². The highest BCUT2D eigenvalue weighted by atomic mass is 19.1. The summed E-state index contributed by atoms with van der Waals surface area (Å²) in [6.45, 7) is 1.53. The van der Waals surface area contributed by atoms with Gasteiger partial charge in [0.2, 0.25) is 0 Å². The normalized spacial score (nSPS) is 22.4. The number of nitrogens with zero attached hydrogens (tertiary/aromatic N) is 2. The van der Waals surface area contributed by atoms with Crippen molar-refractivity contribution in [2.75, 3.05) is 13.1 Å². The zero-order valence-corrected chi connectivity index (χ0v) is 15.1. The lowest BCUT2D eigenvalue weighted by molar-refractivity contribution is -0.138. The predicted molar refractivity (Wildman–Crippen MR) is 97.9 cm³/mol. The van der Waals surface area contributed by atoms with E-state index in [1.165, 1.54) is 29.2 Å². The van der Waals surface area contributed by atoms with E-state index in [2.05, 4.69) is 10.6 Å². The van der Waals surface area contributed by atoms with Crippen molar-refractivity contribution >= 4 is 11.9 Å². The summed E-state index contributed by atoms with van der Waals surface area (Å²) in [5, 5.41) is 6.40. The Bertz CT molecular complexity index is 873. The van der Waals surface area contributed by atoms with Crippen molar-refractivity contribution < 1.29 is 18.4 Å². The number of rotatable bonds is 4. The maximum Gasteiger partial charge on any atom is 0.328 e. The van der Waals surface area contributed by atoms with Gasteiger partial charge in [-0.05, 0) is 35.4 Å². The van der Waals surface area contributed by atoms with Gasteiger partial charge < -0.3 is 10.2 Å². The van der Waals surface area contributed by atoms with E-state index in [0.717, 1.165) is 5.56 Å². The predicted octanol–water partition coefficient (Wildman–Crippen LogP) is 1.82. The van der Waals surface area contributed by atoms with Crippen LogP contribution in [0.1, 0.15) is 11.1 Å². The Morgan fingerprint density at radius 2 is 1.36 bits per heavy atom. The third-order valence-corrected chi connectivity index (χ3v) is 5.02. The smallest absolute Gasteiger partial charge is 0.302 e. The number of piperazine rings is 1. The Hall–Kier alpha value is -2.84. The molecular weight excluding hydrogens is 366 g/mol. The molecule has 2 atom stereocenters. The van der Waals surface area contributed by atoms with E-state index < -0.39 is 18.2 Å². The van der Waals surface area contributed by atoms with Gasteiger partial charge in [0, 0.05) is 19.6 Å². The molecule has 146 valence electrons. The quantitative estimate of drug-likeness (QED) is 0.842. The van der Waals surface area contributed by atoms with Gasteiger partial charge in [0.05, 0.1) is 6.54 Å². The molecule has 0 bridgehead atoms. The molecule has 2 aromatic carbocycles. The third kappa shape index (κ3) is 3.61. The van der Waals surface area contributed by atoms with Crippen LogP contribution in [0.25, 0.3) is 0 Å². The van der Waals surface area contributed by atoms with E-state index in [-0.39, 0.29) is 30.6 Å². The number of halogens is 2. The van der Waals surface area contributed by atoms with Crippen molar-refractivity contribution in [2.45, 2.75) is 25.3 Å². The number of hydrogen-bond acceptors (Lipinski definition) is 4. The van der Waals surface area contributed by atoms with E-state index in [9.17, 15) is 18.4 Å². The first-order valence-corrected chi connectivity index (χ1v) is 9.10. The fourth-order valence-electron chi connectivity index (χ4n) is 3.60. The number of carbonyl (C=O) groups excluding carboxylic acids is 2. The second-order valence-corrected chi connectivity index (χ2v) is 6.92. The van der Waals surface area contributed by atoms with Gasteiger partial charge in [-0.25, -0.2) is 13.6 Å². The largest absolute Gasteiger partial charge is 0.328 e. The van der Waals surface area contributed by atoms with E-state index in [1.807, 2.05) is 0 Å². The van der Waals surface area contributed by atoms with Crippen LogP contribution in [0.4, 0.5) is 13.6 Å². The molecular formula is C20H20F2N4O2. The summed E-state index contributed by atoms with van der Waals surface area (Å²) in [5.74, 6) is -1.05. The molecule has 2 saturated heterocycles. The van der Waals surface area contributed by atoms with Crippen LogP contribution in [0, 0.1) is 11.6 Å². The lowest BCUT2D eigenvalue weighted by Crippen LogP contribution is -2.74. The fourth-order valence-corrected chi connectivity index (χ4v) is 3.60. The topological polar surface area (TPSA) is 64.7 Å². The second kappa shape index (κ2) is 7.65. The van der Waals surface area contributed by atoms with Gasteiger partial charge in [-0.2, -0.15) is 0 Å². The van der Waals surface area contributed by atoms with Crippen molar-refractivity contribution in [1.29, 1.82) is 0 Å². The molecule has 0 saturated carbocycles. The Morgan fingerprint density at radius 3 is 1.96 bits per heavy atom. The maximum atomic E-state index is 13.2. The lowest BCUT2D eigenvalue weighted by atomic mass is 10.0. The highest BCUT2D eigenvalue weighted by Gasteiger charge is 2.47. The van der Waals surface area contributed by atoms with Gasteiger partial charge in [-0.1, -0.05) is 24.3 Å². The summed E-state index contributed by atoms with van der Waals surface area (Å²) in [6, 6.07) is 10.6. The molecule has 2 aliphatic rings. The number of urea groups is 1. The molecule has 2 aromatic rings. The fraction of sp³-hybridized carbons (Fsp3) is 0.300. The van der Waals surface area contributed by atoms with Crippen LogP contribution in [-0.2, 0) is 17.9 Å². The Kier molecular flexibility index (Phi) is 5.06. The van der Waals surface area contributed by atoms with Gasteiger partial charge in [0.1, 0.15) is 23.8 Å². The SMILES string of the molecule is O=C1C2NCCNC2N(Cc2ccc(F)cc2)C(=O)N1Cc1ccc(F)cc1. The monoisotopic (exact) mass is 386 g/mol. The minimum absolute atomic E-state index is 0.0583. The van der Waals surface area contributed by atoms with Crippen LogP contribution in [0.5, 0.6) is 0 Å². The number of fused-ring (bicyclic) bond motifs is 1. The zero-order chi connectivity index (χ0) is 19.7. The summed E-state index contributed by atoms with van der Waals surface area (Å²) < 4.78 is 26.4. The standard InChI is InChI=1S/C20H20F2N4O2/c21-15-5-1-13(2-6-15)11-25-18-17(23-9-10-24-18)19(27)26(20(25)28)12-14-3-7-16(22)8-4-14/h1-8,17-18,23-24H,9-12H2. The van der Waals surface area contributed by atoms with E-state index >= 15 is 0 Å². The summed E-state index contributed by atoms with van der Waals surface area (Å²) in [7, 11) is 0. The Labute approximate surface area is 161 Å². The molecule has 0 aromatic heterocycles. The van der Waals surface area contributed by atoms with Gasteiger partial charge in [0.15, 0.2) is 0 Å². The van der Waals surface area contributed by atoms with E-state index in [0.29, 0.717) is 18.7 Å². The molecule has 0 spiro atoms. The number of nitrogens with one attached hydrogen (secondary N) is 2. The summed E-state index contributed by atoms with van der Waals surface area (Å²) in [6.07, 6.45) is -0.483. The first-order chi connectivity index (χ1) is 13.5. The first kappa shape index (κ1) is 18.5. The maximum absolute atomic E-state index is 13.2. The third-order valence-electron chi connectivity index (χ3n) is 5.02. The molecule has 3 amide bonds. The highest BCUT2D eigenvalue weighted by Crippen LogP contribution is 2.23. The van der Waals surface area contributed by atoms with Crippen molar-refractivity contribution in [3.63, 3.8) is 0 Å². The number of benzene rings is 2. The Morgan fingerprint density at radius 1 is 0.821 bits per heavy atom. The van der Waals surface area contributed by atoms with E-state index in [4.69, 9.17) is 0 Å². The van der Waals surface area contributed by atoms with Gasteiger partial charge in [-0.15, -0.1) is 0 Å². The molecule has 0 radical (unpaired) electrons. The average molecular weight is 386 g/mol. The molecule has 28 heavy (non-hydrogen) atoms. The summed E-state index contributed by atoms with van der Waals surface area (Å²) >= 11 is 0. The summed E-state index contributed by atoms with van der Waals surface area (Å²) in [4.78, 5) is 28.8. The van der Waals surface area contributed by atoms with Crippen LogP contribution < -0.4 is 10.6 Å². The molecule has 2 fully saturated rings. The number of carbonyl (C=O) groups is 2. The molecule has 4 rings (SSSR count). The van der Waals surface area contributed by atoms with Gasteiger partial charge in [0.25, 0.3) is 5.91 Å². The molecule has 6 nitrogen and oxygen atoms in total. The van der Waals surface area contributed by atoms with Gasteiger partial charge in [-0.3, -0.25) is 15.0 Å². The lowest BCUT2D eigenvalue weighted by Gasteiger charge is -2.47. The van der Waals surface area contributed by atoms with Crippen LogP contribution >= 0.6 is 0 Å². The number of imide groups is 1. The van der Waals surface area contributed by atoms with Crippen molar-refractivity contribution in [2.24, 2.45) is 0 Å². The number of hydrogen-bond donors (Lipinski definition) is 2.